The Labute approximate surface area is 192 Å². The van der Waals surface area contributed by atoms with Gasteiger partial charge >= 0.3 is 0 Å². The normalized spacial score (nSPS) is 10.9. The van der Waals surface area contributed by atoms with Gasteiger partial charge in [-0.25, -0.2) is 4.98 Å². The summed E-state index contributed by atoms with van der Waals surface area (Å²) in [6.07, 6.45) is 0. The molecule has 0 fully saturated rings. The summed E-state index contributed by atoms with van der Waals surface area (Å²) in [6, 6.07) is 9.96. The number of carbonyl (C=O) groups is 1. The lowest BCUT2D eigenvalue weighted by atomic mass is 10.1. The summed E-state index contributed by atoms with van der Waals surface area (Å²) in [4.78, 5) is 32.7. The first kappa shape index (κ1) is 24.7. The standard InChI is InChI=1S/C22H26N4O3S.ClH/c1-5-24(6-2)12-13-25(21(27)17-8-7-9-18(14-17)26(28)29)22-23-20-16(4)15(3)10-11-19(20)30-22;/h7-11,14H,5-6,12-13H2,1-4H3;1H. The number of hydrogen-bond donors (Lipinski definition) is 0. The Morgan fingerprint density at radius 3 is 2.48 bits per heavy atom. The number of rotatable bonds is 8. The number of carbonyl (C=O) groups excluding carboxylic acids is 1. The summed E-state index contributed by atoms with van der Waals surface area (Å²) < 4.78 is 1.02. The van der Waals surface area contributed by atoms with Crippen LogP contribution in [0.3, 0.4) is 0 Å². The molecule has 9 heteroatoms. The van der Waals surface area contributed by atoms with E-state index in [2.05, 4.69) is 24.8 Å². The van der Waals surface area contributed by atoms with Crippen LogP contribution < -0.4 is 4.90 Å². The zero-order chi connectivity index (χ0) is 21.8. The fourth-order valence-electron chi connectivity index (χ4n) is 3.30. The smallest absolute Gasteiger partial charge is 0.270 e. The number of hydrogen-bond acceptors (Lipinski definition) is 6. The first-order valence-electron chi connectivity index (χ1n) is 10.0. The van der Waals surface area contributed by atoms with Crippen molar-refractivity contribution in [2.45, 2.75) is 27.7 Å². The van der Waals surface area contributed by atoms with Crippen LogP contribution in [0.4, 0.5) is 10.8 Å². The Bertz CT molecular complexity index is 1080. The molecular formula is C22H27ClN4O3S. The molecule has 0 N–H and O–H groups in total. The second kappa shape index (κ2) is 10.7. The largest absolute Gasteiger partial charge is 0.302 e. The minimum Gasteiger partial charge on any atom is -0.302 e. The molecule has 3 rings (SSSR count). The summed E-state index contributed by atoms with van der Waals surface area (Å²) >= 11 is 1.47. The van der Waals surface area contributed by atoms with E-state index in [1.807, 2.05) is 19.9 Å². The number of aromatic nitrogens is 1. The molecule has 0 spiro atoms. The number of thiazole rings is 1. The number of likely N-dealkylation sites (N-methyl/N-ethyl adjacent to an activating group) is 1. The minimum absolute atomic E-state index is 0. The Morgan fingerprint density at radius 2 is 1.84 bits per heavy atom. The van der Waals surface area contributed by atoms with Crippen LogP contribution in [0.15, 0.2) is 36.4 Å². The summed E-state index contributed by atoms with van der Waals surface area (Å²) in [7, 11) is 0. The summed E-state index contributed by atoms with van der Waals surface area (Å²) in [5.41, 5.74) is 3.34. The van der Waals surface area contributed by atoms with Gasteiger partial charge in [-0.15, -0.1) is 12.4 Å². The third kappa shape index (κ3) is 5.39. The first-order valence-corrected chi connectivity index (χ1v) is 10.8. The van der Waals surface area contributed by atoms with Crippen LogP contribution in [-0.2, 0) is 0 Å². The third-order valence-electron chi connectivity index (χ3n) is 5.39. The van der Waals surface area contributed by atoms with Gasteiger partial charge in [0.15, 0.2) is 5.13 Å². The molecule has 0 atom stereocenters. The van der Waals surface area contributed by atoms with E-state index in [1.165, 1.54) is 23.5 Å². The van der Waals surface area contributed by atoms with Gasteiger partial charge in [0.1, 0.15) is 0 Å². The van der Waals surface area contributed by atoms with Gasteiger partial charge in [0.25, 0.3) is 11.6 Å². The average Bonchev–Trinajstić information content (AvgIpc) is 3.18. The predicted molar refractivity (Wildman–Crippen MR) is 129 cm³/mol. The molecule has 0 bridgehead atoms. The maximum absolute atomic E-state index is 13.4. The predicted octanol–water partition coefficient (Wildman–Crippen LogP) is 5.23. The maximum Gasteiger partial charge on any atom is 0.270 e. The minimum atomic E-state index is -0.485. The van der Waals surface area contributed by atoms with Crippen molar-refractivity contribution in [3.63, 3.8) is 0 Å². The summed E-state index contributed by atoms with van der Waals surface area (Å²) in [6.45, 7) is 11.2. The SMILES string of the molecule is CCN(CC)CCN(C(=O)c1cccc([N+](=O)[O-])c1)c1nc2c(C)c(C)ccc2s1.Cl. The highest BCUT2D eigenvalue weighted by Gasteiger charge is 2.23. The number of fused-ring (bicyclic) bond motifs is 1. The van der Waals surface area contributed by atoms with Crippen molar-refractivity contribution in [3.05, 3.63) is 63.2 Å². The maximum atomic E-state index is 13.4. The number of aryl methyl sites for hydroxylation is 2. The molecule has 0 aliphatic heterocycles. The van der Waals surface area contributed by atoms with Crippen molar-refractivity contribution in [2.75, 3.05) is 31.1 Å². The molecule has 7 nitrogen and oxygen atoms in total. The van der Waals surface area contributed by atoms with E-state index in [-0.39, 0.29) is 29.6 Å². The molecule has 3 aromatic rings. The highest BCUT2D eigenvalue weighted by Crippen LogP contribution is 2.32. The van der Waals surface area contributed by atoms with Crippen LogP contribution in [0, 0.1) is 24.0 Å². The summed E-state index contributed by atoms with van der Waals surface area (Å²) in [5.74, 6) is -0.278. The van der Waals surface area contributed by atoms with E-state index in [0.717, 1.165) is 34.4 Å². The molecule has 1 amide bonds. The van der Waals surface area contributed by atoms with Gasteiger partial charge < -0.3 is 4.90 Å². The van der Waals surface area contributed by atoms with Gasteiger partial charge in [0.2, 0.25) is 0 Å². The molecule has 31 heavy (non-hydrogen) atoms. The Morgan fingerprint density at radius 1 is 1.13 bits per heavy atom. The second-order valence-corrected chi connectivity index (χ2v) is 8.15. The molecule has 0 radical (unpaired) electrons. The third-order valence-corrected chi connectivity index (χ3v) is 6.43. The number of nitro groups is 1. The molecule has 1 heterocycles. The molecular weight excluding hydrogens is 436 g/mol. The highest BCUT2D eigenvalue weighted by molar-refractivity contribution is 7.22. The molecule has 0 aliphatic rings. The number of benzene rings is 2. The monoisotopic (exact) mass is 462 g/mol. The zero-order valence-electron chi connectivity index (χ0n) is 18.1. The molecule has 0 saturated heterocycles. The van der Waals surface area contributed by atoms with Gasteiger partial charge in [-0.1, -0.05) is 37.3 Å². The van der Waals surface area contributed by atoms with E-state index < -0.39 is 4.92 Å². The lowest BCUT2D eigenvalue weighted by Gasteiger charge is -2.24. The Kier molecular flexibility index (Phi) is 8.50. The van der Waals surface area contributed by atoms with Crippen molar-refractivity contribution in [1.29, 1.82) is 0 Å². The fourth-order valence-corrected chi connectivity index (χ4v) is 4.35. The van der Waals surface area contributed by atoms with E-state index in [4.69, 9.17) is 4.98 Å². The van der Waals surface area contributed by atoms with Crippen LogP contribution in [-0.4, -0.2) is 46.9 Å². The lowest BCUT2D eigenvalue weighted by Crippen LogP contribution is -2.38. The molecule has 166 valence electrons. The molecule has 2 aromatic carbocycles. The van der Waals surface area contributed by atoms with Crippen LogP contribution in [0.25, 0.3) is 10.2 Å². The quantitative estimate of drug-likeness (QED) is 0.338. The van der Waals surface area contributed by atoms with E-state index >= 15 is 0 Å². The number of nitrogens with zero attached hydrogens (tertiary/aromatic N) is 4. The Hall–Kier alpha value is -2.55. The van der Waals surface area contributed by atoms with Crippen LogP contribution in [0.5, 0.6) is 0 Å². The number of non-ortho nitro benzene ring substituents is 1. The van der Waals surface area contributed by atoms with E-state index in [0.29, 0.717) is 18.2 Å². The van der Waals surface area contributed by atoms with Crippen molar-refractivity contribution >= 4 is 50.7 Å². The highest BCUT2D eigenvalue weighted by atomic mass is 35.5. The molecule has 0 unspecified atom stereocenters. The van der Waals surface area contributed by atoms with E-state index in [1.54, 1.807) is 17.0 Å². The van der Waals surface area contributed by atoms with Crippen molar-refractivity contribution < 1.29 is 9.72 Å². The summed E-state index contributed by atoms with van der Waals surface area (Å²) in [5, 5.41) is 11.8. The average molecular weight is 463 g/mol. The number of halogens is 1. The number of anilines is 1. The van der Waals surface area contributed by atoms with Crippen LogP contribution in [0.2, 0.25) is 0 Å². The van der Waals surface area contributed by atoms with Crippen molar-refractivity contribution in [1.82, 2.24) is 9.88 Å². The van der Waals surface area contributed by atoms with Crippen LogP contribution >= 0.6 is 23.7 Å². The van der Waals surface area contributed by atoms with Gasteiger partial charge in [0, 0.05) is 30.8 Å². The molecule has 0 aliphatic carbocycles. The van der Waals surface area contributed by atoms with E-state index in [9.17, 15) is 14.9 Å². The molecule has 1 aromatic heterocycles. The van der Waals surface area contributed by atoms with Gasteiger partial charge in [-0.3, -0.25) is 19.8 Å². The number of nitro benzene ring substituents is 1. The first-order chi connectivity index (χ1) is 14.3. The van der Waals surface area contributed by atoms with Crippen molar-refractivity contribution in [2.24, 2.45) is 0 Å². The lowest BCUT2D eigenvalue weighted by molar-refractivity contribution is -0.384. The zero-order valence-corrected chi connectivity index (χ0v) is 19.8. The van der Waals surface area contributed by atoms with Gasteiger partial charge in [-0.05, 0) is 50.2 Å². The second-order valence-electron chi connectivity index (χ2n) is 7.14. The Balaban J connectivity index is 0.00000341. The topological polar surface area (TPSA) is 79.6 Å². The van der Waals surface area contributed by atoms with Crippen molar-refractivity contribution in [3.8, 4) is 0 Å². The van der Waals surface area contributed by atoms with Crippen LogP contribution in [0.1, 0.15) is 35.3 Å². The fraction of sp³-hybridized carbons (Fsp3) is 0.364. The number of amides is 1. The van der Waals surface area contributed by atoms with Gasteiger partial charge in [0.05, 0.1) is 15.1 Å². The molecule has 0 saturated carbocycles. The van der Waals surface area contributed by atoms with Gasteiger partial charge in [-0.2, -0.15) is 0 Å².